The van der Waals surface area contributed by atoms with Gasteiger partial charge in [0, 0.05) is 30.8 Å². The topological polar surface area (TPSA) is 33.2 Å². The van der Waals surface area contributed by atoms with Gasteiger partial charge in [-0.1, -0.05) is 36.4 Å². The highest BCUT2D eigenvalue weighted by molar-refractivity contribution is 5.96. The number of ketones is 1. The van der Waals surface area contributed by atoms with Gasteiger partial charge in [-0.2, -0.15) is 0 Å². The first-order chi connectivity index (χ1) is 9.65. The summed E-state index contributed by atoms with van der Waals surface area (Å²) in [7, 11) is 2.02. The molecule has 0 bridgehead atoms. The molecule has 3 heteroatoms. The Morgan fingerprint density at radius 1 is 1.10 bits per heavy atom. The van der Waals surface area contributed by atoms with Crippen molar-refractivity contribution in [3.63, 3.8) is 0 Å². The minimum atomic E-state index is 0.189. The van der Waals surface area contributed by atoms with E-state index in [1.807, 2.05) is 62.5 Å². The third-order valence-electron chi connectivity index (χ3n) is 3.19. The number of nitrogens with zero attached hydrogens (tertiary/aromatic N) is 2. The van der Waals surface area contributed by atoms with Gasteiger partial charge in [0.15, 0.2) is 5.78 Å². The number of Topliss-reactive ketones (excluding diaryl/α,β-unsaturated/α-hetero) is 1. The van der Waals surface area contributed by atoms with Gasteiger partial charge >= 0.3 is 0 Å². The average molecular weight is 268 g/mol. The zero-order valence-electron chi connectivity index (χ0n) is 12.0. The molecular formula is C17H20N2O. The summed E-state index contributed by atoms with van der Waals surface area (Å²) in [6.07, 6.45) is 0.534. The number of pyridine rings is 1. The summed E-state index contributed by atoms with van der Waals surface area (Å²) in [5.74, 6) is 0.189. The Kier molecular flexibility index (Phi) is 5.02. The molecule has 104 valence electrons. The van der Waals surface area contributed by atoms with Crippen LogP contribution in [0.3, 0.4) is 0 Å². The number of aryl methyl sites for hydroxylation is 1. The van der Waals surface area contributed by atoms with E-state index in [9.17, 15) is 4.79 Å². The van der Waals surface area contributed by atoms with Crippen LogP contribution < -0.4 is 0 Å². The summed E-state index contributed by atoms with van der Waals surface area (Å²) >= 11 is 0. The molecule has 20 heavy (non-hydrogen) atoms. The van der Waals surface area contributed by atoms with E-state index in [1.165, 1.54) is 0 Å². The lowest BCUT2D eigenvalue weighted by atomic mass is 10.1. The van der Waals surface area contributed by atoms with Crippen molar-refractivity contribution >= 4 is 5.78 Å². The number of carbonyl (C=O) groups is 1. The molecule has 0 aliphatic heterocycles. The van der Waals surface area contributed by atoms with Crippen LogP contribution in [0, 0.1) is 6.92 Å². The van der Waals surface area contributed by atoms with E-state index in [1.54, 1.807) is 0 Å². The predicted octanol–water partition coefficient (Wildman–Crippen LogP) is 3.09. The molecule has 0 N–H and O–H groups in total. The molecule has 3 nitrogen and oxygen atoms in total. The van der Waals surface area contributed by atoms with Crippen LogP contribution >= 0.6 is 0 Å². The monoisotopic (exact) mass is 268 g/mol. The molecule has 0 unspecified atom stereocenters. The van der Waals surface area contributed by atoms with Crippen molar-refractivity contribution in [1.29, 1.82) is 0 Å². The van der Waals surface area contributed by atoms with E-state index in [0.717, 1.165) is 30.0 Å². The van der Waals surface area contributed by atoms with Gasteiger partial charge in [-0.3, -0.25) is 9.78 Å². The Labute approximate surface area is 120 Å². The minimum absolute atomic E-state index is 0.189. The first-order valence-electron chi connectivity index (χ1n) is 6.84. The first kappa shape index (κ1) is 14.4. The van der Waals surface area contributed by atoms with E-state index in [2.05, 4.69) is 9.88 Å². The van der Waals surface area contributed by atoms with Crippen molar-refractivity contribution in [2.75, 3.05) is 13.6 Å². The van der Waals surface area contributed by atoms with Crippen LogP contribution in [0.1, 0.15) is 28.2 Å². The molecule has 0 fully saturated rings. The maximum atomic E-state index is 12.0. The van der Waals surface area contributed by atoms with Gasteiger partial charge in [0.25, 0.3) is 0 Å². The van der Waals surface area contributed by atoms with Crippen molar-refractivity contribution < 1.29 is 4.79 Å². The number of rotatable bonds is 6. The fourth-order valence-electron chi connectivity index (χ4n) is 2.10. The van der Waals surface area contributed by atoms with E-state index in [-0.39, 0.29) is 5.78 Å². The Morgan fingerprint density at radius 3 is 2.55 bits per heavy atom. The Morgan fingerprint density at radius 2 is 1.85 bits per heavy atom. The minimum Gasteiger partial charge on any atom is -0.300 e. The summed E-state index contributed by atoms with van der Waals surface area (Å²) < 4.78 is 0. The molecule has 0 spiro atoms. The van der Waals surface area contributed by atoms with Gasteiger partial charge in [-0.25, -0.2) is 0 Å². The van der Waals surface area contributed by atoms with E-state index in [0.29, 0.717) is 6.42 Å². The van der Waals surface area contributed by atoms with Crippen molar-refractivity contribution in [2.24, 2.45) is 0 Å². The Balaban J connectivity index is 1.83. The predicted molar refractivity (Wildman–Crippen MR) is 80.7 cm³/mol. The van der Waals surface area contributed by atoms with Crippen LogP contribution in [0.2, 0.25) is 0 Å². The highest BCUT2D eigenvalue weighted by atomic mass is 16.1. The van der Waals surface area contributed by atoms with Gasteiger partial charge < -0.3 is 4.90 Å². The number of benzene rings is 1. The van der Waals surface area contributed by atoms with Gasteiger partial charge in [0.1, 0.15) is 0 Å². The number of aromatic nitrogens is 1. The lowest BCUT2D eigenvalue weighted by Crippen LogP contribution is -2.22. The fourth-order valence-corrected chi connectivity index (χ4v) is 2.10. The Hall–Kier alpha value is -2.00. The smallest absolute Gasteiger partial charge is 0.164 e. The van der Waals surface area contributed by atoms with E-state index >= 15 is 0 Å². The quantitative estimate of drug-likeness (QED) is 0.755. The summed E-state index contributed by atoms with van der Waals surface area (Å²) in [5.41, 5.74) is 2.85. The van der Waals surface area contributed by atoms with E-state index < -0.39 is 0 Å². The zero-order chi connectivity index (χ0) is 14.4. The lowest BCUT2D eigenvalue weighted by Gasteiger charge is -2.15. The van der Waals surface area contributed by atoms with Crippen LogP contribution in [0.5, 0.6) is 0 Å². The molecule has 1 aromatic carbocycles. The van der Waals surface area contributed by atoms with Crippen LogP contribution in [0.15, 0.2) is 48.5 Å². The van der Waals surface area contributed by atoms with Crippen molar-refractivity contribution in [1.82, 2.24) is 9.88 Å². The van der Waals surface area contributed by atoms with E-state index in [4.69, 9.17) is 0 Å². The molecule has 0 saturated carbocycles. The Bertz CT molecular complexity index is 566. The molecular weight excluding hydrogens is 248 g/mol. The lowest BCUT2D eigenvalue weighted by molar-refractivity contribution is 0.0967. The molecule has 0 amide bonds. The maximum Gasteiger partial charge on any atom is 0.164 e. The van der Waals surface area contributed by atoms with Crippen LogP contribution in [0.4, 0.5) is 0 Å². The molecule has 0 atom stereocenters. The van der Waals surface area contributed by atoms with Gasteiger partial charge in [-0.05, 0) is 26.1 Å². The second-order valence-corrected chi connectivity index (χ2v) is 5.05. The molecule has 1 aromatic heterocycles. The zero-order valence-corrected chi connectivity index (χ0v) is 12.0. The van der Waals surface area contributed by atoms with Crippen LogP contribution in [0.25, 0.3) is 0 Å². The highest BCUT2D eigenvalue weighted by Gasteiger charge is 2.08. The highest BCUT2D eigenvalue weighted by Crippen LogP contribution is 2.06. The van der Waals surface area contributed by atoms with Crippen LogP contribution in [-0.4, -0.2) is 29.3 Å². The molecule has 2 aromatic rings. The molecule has 0 aliphatic carbocycles. The maximum absolute atomic E-state index is 12.0. The summed E-state index contributed by atoms with van der Waals surface area (Å²) in [6, 6.07) is 15.5. The molecule has 0 saturated heterocycles. The average Bonchev–Trinajstić information content (AvgIpc) is 2.46. The van der Waals surface area contributed by atoms with Crippen molar-refractivity contribution in [3.8, 4) is 0 Å². The first-order valence-corrected chi connectivity index (χ1v) is 6.84. The third-order valence-corrected chi connectivity index (χ3v) is 3.19. The fraction of sp³-hybridized carbons (Fsp3) is 0.294. The SMILES string of the molecule is Cc1cccc(CN(C)CCC(=O)c2ccccc2)n1. The molecule has 2 rings (SSSR count). The molecule has 1 heterocycles. The standard InChI is InChI=1S/C17H20N2O/c1-14-7-6-10-16(18-14)13-19(2)12-11-17(20)15-8-4-3-5-9-15/h3-10H,11-13H2,1-2H3. The summed E-state index contributed by atoms with van der Waals surface area (Å²) in [5, 5.41) is 0. The largest absolute Gasteiger partial charge is 0.300 e. The normalized spacial score (nSPS) is 10.8. The number of carbonyl (C=O) groups excluding carboxylic acids is 1. The third kappa shape index (κ3) is 4.28. The van der Waals surface area contributed by atoms with Gasteiger partial charge in [0.05, 0.1) is 5.69 Å². The number of hydrogen-bond acceptors (Lipinski definition) is 3. The summed E-state index contributed by atoms with van der Waals surface area (Å²) in [4.78, 5) is 18.6. The second-order valence-electron chi connectivity index (χ2n) is 5.05. The van der Waals surface area contributed by atoms with Crippen LogP contribution in [-0.2, 0) is 6.54 Å². The van der Waals surface area contributed by atoms with Gasteiger partial charge in [0.2, 0.25) is 0 Å². The molecule has 0 radical (unpaired) electrons. The molecule has 0 aliphatic rings. The van der Waals surface area contributed by atoms with Gasteiger partial charge in [-0.15, -0.1) is 0 Å². The second kappa shape index (κ2) is 6.96. The summed E-state index contributed by atoms with van der Waals surface area (Å²) in [6.45, 7) is 3.50. The van der Waals surface area contributed by atoms with Crippen molar-refractivity contribution in [2.45, 2.75) is 19.9 Å². The van der Waals surface area contributed by atoms with Crippen molar-refractivity contribution in [3.05, 3.63) is 65.5 Å². The number of hydrogen-bond donors (Lipinski definition) is 0.